The first-order chi connectivity index (χ1) is 12.6. The fourth-order valence-electron chi connectivity index (χ4n) is 3.07. The lowest BCUT2D eigenvalue weighted by molar-refractivity contribution is 0.709. The number of para-hydroxylation sites is 2. The fraction of sp³-hybridized carbons (Fsp3) is 0.250. The van der Waals surface area contributed by atoms with E-state index in [0.29, 0.717) is 5.95 Å². The number of nitrogens with zero attached hydrogens (tertiary/aromatic N) is 5. The van der Waals surface area contributed by atoms with E-state index in [-0.39, 0.29) is 6.04 Å². The third-order valence-electron chi connectivity index (χ3n) is 4.67. The molecular formula is C20H22N6. The molecule has 4 aromatic rings. The molecule has 6 nitrogen and oxygen atoms in total. The first-order valence-electron chi connectivity index (χ1n) is 8.77. The zero-order valence-corrected chi connectivity index (χ0v) is 15.2. The molecule has 0 saturated heterocycles. The number of likely N-dealkylation sites (N-methyl/N-ethyl adjacent to an activating group) is 1. The summed E-state index contributed by atoms with van der Waals surface area (Å²) in [6.45, 7) is 4.83. The summed E-state index contributed by atoms with van der Waals surface area (Å²) in [4.78, 5) is 11.6. The van der Waals surface area contributed by atoms with Crippen molar-refractivity contribution in [2.24, 2.45) is 0 Å². The van der Waals surface area contributed by atoms with E-state index in [0.717, 1.165) is 28.9 Å². The molecule has 0 bridgehead atoms. The van der Waals surface area contributed by atoms with E-state index in [2.05, 4.69) is 58.5 Å². The van der Waals surface area contributed by atoms with Gasteiger partial charge in [-0.2, -0.15) is 4.52 Å². The van der Waals surface area contributed by atoms with E-state index in [9.17, 15) is 0 Å². The molecule has 1 N–H and O–H groups in total. The minimum atomic E-state index is 0.283. The Kier molecular flexibility index (Phi) is 4.16. The number of aryl methyl sites for hydroxylation is 1. The highest BCUT2D eigenvalue weighted by Crippen LogP contribution is 2.21. The molecule has 0 aliphatic carbocycles. The molecule has 26 heavy (non-hydrogen) atoms. The molecule has 2 aromatic carbocycles. The number of benzene rings is 2. The van der Waals surface area contributed by atoms with Gasteiger partial charge in [0.2, 0.25) is 5.95 Å². The van der Waals surface area contributed by atoms with Crippen molar-refractivity contribution in [3.8, 4) is 0 Å². The van der Waals surface area contributed by atoms with Crippen LogP contribution in [-0.4, -0.2) is 39.2 Å². The van der Waals surface area contributed by atoms with Crippen LogP contribution in [0.4, 0.5) is 11.6 Å². The van der Waals surface area contributed by atoms with E-state index in [1.54, 1.807) is 4.52 Å². The quantitative estimate of drug-likeness (QED) is 0.599. The van der Waals surface area contributed by atoms with Crippen molar-refractivity contribution < 1.29 is 0 Å². The smallest absolute Gasteiger partial charge is 0.226 e. The van der Waals surface area contributed by atoms with Gasteiger partial charge < -0.3 is 10.2 Å². The van der Waals surface area contributed by atoms with Crippen LogP contribution in [0.1, 0.15) is 12.7 Å². The SMILES string of the molecule is Cc1nc2c3ccccc3nc(NCC(C)N(C)c3ccccc3)n2n1. The van der Waals surface area contributed by atoms with Crippen molar-refractivity contribution in [3.05, 3.63) is 60.4 Å². The predicted octanol–water partition coefficient (Wildman–Crippen LogP) is 3.52. The summed E-state index contributed by atoms with van der Waals surface area (Å²) < 4.78 is 1.80. The maximum Gasteiger partial charge on any atom is 0.226 e. The first-order valence-corrected chi connectivity index (χ1v) is 8.77. The second kappa shape index (κ2) is 6.63. The molecule has 0 radical (unpaired) electrons. The van der Waals surface area contributed by atoms with Crippen molar-refractivity contribution in [3.63, 3.8) is 0 Å². The third kappa shape index (κ3) is 2.94. The molecule has 0 fully saturated rings. The van der Waals surface area contributed by atoms with E-state index in [4.69, 9.17) is 4.98 Å². The standard InChI is InChI=1S/C20H22N6/c1-14(25(3)16-9-5-4-6-10-16)13-21-20-23-18-12-8-7-11-17(18)19-22-15(2)24-26(19)20/h4-12,14H,13H2,1-3H3,(H,21,23). The Balaban J connectivity index is 1.62. The van der Waals surface area contributed by atoms with E-state index >= 15 is 0 Å². The molecule has 132 valence electrons. The van der Waals surface area contributed by atoms with Gasteiger partial charge in [-0.1, -0.05) is 30.3 Å². The van der Waals surface area contributed by atoms with Crippen molar-refractivity contribution in [2.75, 3.05) is 23.8 Å². The van der Waals surface area contributed by atoms with Crippen LogP contribution in [0.3, 0.4) is 0 Å². The molecular weight excluding hydrogens is 324 g/mol. The number of anilines is 2. The van der Waals surface area contributed by atoms with Crippen molar-refractivity contribution in [1.29, 1.82) is 0 Å². The lowest BCUT2D eigenvalue weighted by Crippen LogP contribution is -2.35. The average Bonchev–Trinajstić information content (AvgIpc) is 3.08. The molecule has 2 heterocycles. The Morgan fingerprint density at radius 1 is 1.04 bits per heavy atom. The molecule has 1 atom stereocenters. The zero-order valence-electron chi connectivity index (χ0n) is 15.2. The topological polar surface area (TPSA) is 58.4 Å². The summed E-state index contributed by atoms with van der Waals surface area (Å²) in [5, 5.41) is 8.97. The summed E-state index contributed by atoms with van der Waals surface area (Å²) in [6, 6.07) is 18.7. The van der Waals surface area contributed by atoms with Crippen LogP contribution in [0.2, 0.25) is 0 Å². The normalized spacial score (nSPS) is 12.4. The maximum absolute atomic E-state index is 4.75. The van der Waals surface area contributed by atoms with Crippen LogP contribution < -0.4 is 10.2 Å². The number of aromatic nitrogens is 4. The zero-order chi connectivity index (χ0) is 18.1. The Labute approximate surface area is 152 Å². The first kappa shape index (κ1) is 16.3. The molecule has 0 amide bonds. The molecule has 0 aliphatic rings. The Morgan fingerprint density at radius 2 is 1.77 bits per heavy atom. The van der Waals surface area contributed by atoms with Crippen molar-refractivity contribution in [1.82, 2.24) is 19.6 Å². The fourth-order valence-corrected chi connectivity index (χ4v) is 3.07. The average molecular weight is 346 g/mol. The summed E-state index contributed by atoms with van der Waals surface area (Å²) in [6.07, 6.45) is 0. The number of nitrogens with one attached hydrogen (secondary N) is 1. The summed E-state index contributed by atoms with van der Waals surface area (Å²) >= 11 is 0. The molecule has 6 heteroatoms. The largest absolute Gasteiger partial charge is 0.370 e. The minimum absolute atomic E-state index is 0.283. The number of fused-ring (bicyclic) bond motifs is 3. The van der Waals surface area contributed by atoms with Gasteiger partial charge in [-0.05, 0) is 38.1 Å². The van der Waals surface area contributed by atoms with Crippen LogP contribution in [-0.2, 0) is 0 Å². The van der Waals surface area contributed by atoms with E-state index in [1.807, 2.05) is 37.3 Å². The van der Waals surface area contributed by atoms with Crippen LogP contribution >= 0.6 is 0 Å². The van der Waals surface area contributed by atoms with Crippen LogP contribution in [0.15, 0.2) is 54.6 Å². The van der Waals surface area contributed by atoms with Gasteiger partial charge >= 0.3 is 0 Å². The highest BCUT2D eigenvalue weighted by molar-refractivity contribution is 5.92. The van der Waals surface area contributed by atoms with Gasteiger partial charge in [0, 0.05) is 30.7 Å². The third-order valence-corrected chi connectivity index (χ3v) is 4.67. The van der Waals surface area contributed by atoms with Gasteiger partial charge in [-0.15, -0.1) is 5.10 Å². The van der Waals surface area contributed by atoms with Gasteiger partial charge in [0.05, 0.1) is 5.52 Å². The number of hydrogen-bond acceptors (Lipinski definition) is 5. The van der Waals surface area contributed by atoms with Gasteiger partial charge in [0.25, 0.3) is 0 Å². The van der Waals surface area contributed by atoms with Gasteiger partial charge in [0.1, 0.15) is 5.82 Å². The van der Waals surface area contributed by atoms with Crippen LogP contribution in [0.5, 0.6) is 0 Å². The Morgan fingerprint density at radius 3 is 2.58 bits per heavy atom. The molecule has 4 rings (SSSR count). The number of hydrogen-bond donors (Lipinski definition) is 1. The van der Waals surface area contributed by atoms with Gasteiger partial charge in [-0.25, -0.2) is 9.97 Å². The lowest BCUT2D eigenvalue weighted by atomic mass is 10.2. The summed E-state index contributed by atoms with van der Waals surface area (Å²) in [5.41, 5.74) is 2.94. The Bertz CT molecular complexity index is 1040. The van der Waals surface area contributed by atoms with Crippen LogP contribution in [0.25, 0.3) is 16.6 Å². The molecule has 2 aromatic heterocycles. The minimum Gasteiger partial charge on any atom is -0.370 e. The molecule has 0 spiro atoms. The van der Waals surface area contributed by atoms with Gasteiger partial charge in [-0.3, -0.25) is 0 Å². The summed E-state index contributed by atoms with van der Waals surface area (Å²) in [7, 11) is 2.10. The molecule has 0 aliphatic heterocycles. The van der Waals surface area contributed by atoms with E-state index < -0.39 is 0 Å². The highest BCUT2D eigenvalue weighted by Gasteiger charge is 2.14. The molecule has 0 saturated carbocycles. The Hall–Kier alpha value is -3.15. The predicted molar refractivity (Wildman–Crippen MR) is 106 cm³/mol. The highest BCUT2D eigenvalue weighted by atomic mass is 15.4. The van der Waals surface area contributed by atoms with Gasteiger partial charge in [0.15, 0.2) is 5.65 Å². The monoisotopic (exact) mass is 346 g/mol. The maximum atomic E-state index is 4.75. The molecule has 1 unspecified atom stereocenters. The number of rotatable bonds is 5. The van der Waals surface area contributed by atoms with Crippen molar-refractivity contribution >= 4 is 28.2 Å². The van der Waals surface area contributed by atoms with Crippen LogP contribution in [0, 0.1) is 6.92 Å². The summed E-state index contributed by atoms with van der Waals surface area (Å²) in [5.74, 6) is 1.45. The second-order valence-electron chi connectivity index (χ2n) is 6.52. The van der Waals surface area contributed by atoms with E-state index in [1.165, 1.54) is 5.69 Å². The van der Waals surface area contributed by atoms with Crippen molar-refractivity contribution in [2.45, 2.75) is 19.9 Å². The lowest BCUT2D eigenvalue weighted by Gasteiger charge is -2.27. The second-order valence-corrected chi connectivity index (χ2v) is 6.52.